The Morgan fingerprint density at radius 1 is 1.47 bits per heavy atom. The molecule has 3 heteroatoms. The molecule has 3 nitrogen and oxygen atoms in total. The molecular weight excluding hydrogens is 188 g/mol. The van der Waals surface area contributed by atoms with Crippen LogP contribution in [0.3, 0.4) is 0 Å². The van der Waals surface area contributed by atoms with Crippen molar-refractivity contribution in [3.63, 3.8) is 0 Å². The van der Waals surface area contributed by atoms with Crippen LogP contribution in [0.2, 0.25) is 0 Å². The van der Waals surface area contributed by atoms with E-state index in [1.807, 2.05) is 12.1 Å². The Bertz CT molecular complexity index is 534. The summed E-state index contributed by atoms with van der Waals surface area (Å²) < 4.78 is 0. The van der Waals surface area contributed by atoms with E-state index in [0.717, 1.165) is 28.6 Å². The van der Waals surface area contributed by atoms with E-state index in [4.69, 9.17) is 5.26 Å². The standard InChI is InChI=1S/C12H12N2O/c1-2-9-10-4-3-8(6-13)5-11(10)14-12(9)7-15/h3-5,14-15H,2,7H2,1H3. The maximum Gasteiger partial charge on any atom is 0.0992 e. The number of H-pyrrole nitrogens is 1. The van der Waals surface area contributed by atoms with Crippen LogP contribution in [0.15, 0.2) is 18.2 Å². The lowest BCUT2D eigenvalue weighted by atomic mass is 10.1. The zero-order chi connectivity index (χ0) is 10.8. The zero-order valence-electron chi connectivity index (χ0n) is 8.54. The van der Waals surface area contributed by atoms with Gasteiger partial charge in [-0.15, -0.1) is 0 Å². The van der Waals surface area contributed by atoms with Crippen molar-refractivity contribution in [1.29, 1.82) is 5.26 Å². The third kappa shape index (κ3) is 1.49. The summed E-state index contributed by atoms with van der Waals surface area (Å²) >= 11 is 0. The molecule has 76 valence electrons. The Balaban J connectivity index is 2.72. The third-order valence-electron chi connectivity index (χ3n) is 2.64. The summed E-state index contributed by atoms with van der Waals surface area (Å²) in [5, 5.41) is 19.1. The van der Waals surface area contributed by atoms with Crippen LogP contribution in [0.25, 0.3) is 10.9 Å². The lowest BCUT2D eigenvalue weighted by molar-refractivity contribution is 0.276. The molecular formula is C12H12N2O. The molecule has 0 radical (unpaired) electrons. The number of aliphatic hydroxyl groups is 1. The smallest absolute Gasteiger partial charge is 0.0992 e. The first-order valence-electron chi connectivity index (χ1n) is 4.94. The molecule has 1 aromatic heterocycles. The van der Waals surface area contributed by atoms with E-state index in [1.165, 1.54) is 0 Å². The summed E-state index contributed by atoms with van der Waals surface area (Å²) in [5.41, 5.74) is 3.55. The van der Waals surface area contributed by atoms with Crippen molar-refractivity contribution in [2.24, 2.45) is 0 Å². The van der Waals surface area contributed by atoms with Crippen molar-refractivity contribution >= 4 is 10.9 Å². The fraction of sp³-hybridized carbons (Fsp3) is 0.250. The van der Waals surface area contributed by atoms with E-state index in [0.29, 0.717) is 5.56 Å². The van der Waals surface area contributed by atoms with Crippen molar-refractivity contribution < 1.29 is 5.11 Å². The predicted molar refractivity (Wildman–Crippen MR) is 58.3 cm³/mol. The molecule has 15 heavy (non-hydrogen) atoms. The van der Waals surface area contributed by atoms with Gasteiger partial charge in [-0.1, -0.05) is 13.0 Å². The molecule has 0 amide bonds. The fourth-order valence-corrected chi connectivity index (χ4v) is 1.92. The van der Waals surface area contributed by atoms with Gasteiger partial charge in [0.05, 0.1) is 18.2 Å². The van der Waals surface area contributed by atoms with Gasteiger partial charge in [0, 0.05) is 16.6 Å². The van der Waals surface area contributed by atoms with Crippen molar-refractivity contribution in [3.05, 3.63) is 35.0 Å². The van der Waals surface area contributed by atoms with Crippen LogP contribution in [-0.4, -0.2) is 10.1 Å². The zero-order valence-corrected chi connectivity index (χ0v) is 8.54. The Kier molecular flexibility index (Phi) is 2.44. The largest absolute Gasteiger partial charge is 0.390 e. The number of hydrogen-bond acceptors (Lipinski definition) is 2. The van der Waals surface area contributed by atoms with Gasteiger partial charge in [-0.3, -0.25) is 0 Å². The van der Waals surface area contributed by atoms with Crippen LogP contribution in [0.4, 0.5) is 0 Å². The highest BCUT2D eigenvalue weighted by Gasteiger charge is 2.08. The number of rotatable bonds is 2. The number of aliphatic hydroxyl groups excluding tert-OH is 1. The van der Waals surface area contributed by atoms with Gasteiger partial charge < -0.3 is 10.1 Å². The first-order chi connectivity index (χ1) is 7.30. The van der Waals surface area contributed by atoms with Gasteiger partial charge in [-0.25, -0.2) is 0 Å². The average Bonchev–Trinajstić information content (AvgIpc) is 2.65. The van der Waals surface area contributed by atoms with E-state index >= 15 is 0 Å². The molecule has 2 aromatic rings. The minimum Gasteiger partial charge on any atom is -0.390 e. The summed E-state index contributed by atoms with van der Waals surface area (Å²) in [6, 6.07) is 7.65. The number of fused-ring (bicyclic) bond motifs is 1. The van der Waals surface area contributed by atoms with Crippen LogP contribution in [0, 0.1) is 11.3 Å². The van der Waals surface area contributed by atoms with Gasteiger partial charge in [0.2, 0.25) is 0 Å². The normalized spacial score (nSPS) is 10.5. The second-order valence-corrected chi connectivity index (χ2v) is 3.47. The molecule has 0 aliphatic heterocycles. The van der Waals surface area contributed by atoms with Gasteiger partial charge in [0.25, 0.3) is 0 Å². The summed E-state index contributed by atoms with van der Waals surface area (Å²) in [4.78, 5) is 3.14. The molecule has 0 atom stereocenters. The van der Waals surface area contributed by atoms with Gasteiger partial charge in [0.15, 0.2) is 0 Å². The number of benzene rings is 1. The number of nitrogens with zero attached hydrogens (tertiary/aromatic N) is 1. The van der Waals surface area contributed by atoms with Crippen LogP contribution in [0.5, 0.6) is 0 Å². The molecule has 0 saturated carbocycles. The summed E-state index contributed by atoms with van der Waals surface area (Å²) in [5.74, 6) is 0. The number of aryl methyl sites for hydroxylation is 1. The Morgan fingerprint density at radius 3 is 2.87 bits per heavy atom. The van der Waals surface area contributed by atoms with Gasteiger partial charge >= 0.3 is 0 Å². The lowest BCUT2D eigenvalue weighted by Crippen LogP contribution is -1.88. The number of nitrogens with one attached hydrogen (secondary N) is 1. The number of aromatic nitrogens is 1. The van der Waals surface area contributed by atoms with E-state index in [9.17, 15) is 5.11 Å². The van der Waals surface area contributed by atoms with Gasteiger partial charge in [0.1, 0.15) is 0 Å². The second-order valence-electron chi connectivity index (χ2n) is 3.47. The molecule has 1 aromatic carbocycles. The van der Waals surface area contributed by atoms with E-state index in [2.05, 4.69) is 18.0 Å². The summed E-state index contributed by atoms with van der Waals surface area (Å²) in [7, 11) is 0. The van der Waals surface area contributed by atoms with E-state index in [1.54, 1.807) is 6.07 Å². The van der Waals surface area contributed by atoms with Crippen molar-refractivity contribution in [1.82, 2.24) is 4.98 Å². The highest BCUT2D eigenvalue weighted by molar-refractivity contribution is 5.85. The highest BCUT2D eigenvalue weighted by Crippen LogP contribution is 2.23. The Labute approximate surface area is 88.0 Å². The molecule has 0 spiro atoms. The molecule has 0 bridgehead atoms. The lowest BCUT2D eigenvalue weighted by Gasteiger charge is -1.96. The maximum absolute atomic E-state index is 9.18. The second kappa shape index (κ2) is 3.76. The van der Waals surface area contributed by atoms with Crippen LogP contribution >= 0.6 is 0 Å². The molecule has 0 saturated heterocycles. The van der Waals surface area contributed by atoms with Gasteiger partial charge in [-0.2, -0.15) is 5.26 Å². The first-order valence-corrected chi connectivity index (χ1v) is 4.94. The summed E-state index contributed by atoms with van der Waals surface area (Å²) in [6.45, 7) is 2.07. The molecule has 2 N–H and O–H groups in total. The number of nitriles is 1. The van der Waals surface area contributed by atoms with Gasteiger partial charge in [-0.05, 0) is 24.1 Å². The molecule has 0 aliphatic rings. The van der Waals surface area contributed by atoms with E-state index < -0.39 is 0 Å². The van der Waals surface area contributed by atoms with Crippen LogP contribution in [-0.2, 0) is 13.0 Å². The highest BCUT2D eigenvalue weighted by atomic mass is 16.3. The van der Waals surface area contributed by atoms with Crippen LogP contribution < -0.4 is 0 Å². The van der Waals surface area contributed by atoms with Crippen LogP contribution in [0.1, 0.15) is 23.7 Å². The quantitative estimate of drug-likeness (QED) is 0.779. The number of hydrogen-bond donors (Lipinski definition) is 2. The SMILES string of the molecule is CCc1c(CO)[nH]c2cc(C#N)ccc12. The van der Waals surface area contributed by atoms with Crippen molar-refractivity contribution in [3.8, 4) is 6.07 Å². The number of aromatic amines is 1. The summed E-state index contributed by atoms with van der Waals surface area (Å²) in [6.07, 6.45) is 0.877. The topological polar surface area (TPSA) is 59.8 Å². The fourth-order valence-electron chi connectivity index (χ4n) is 1.92. The van der Waals surface area contributed by atoms with E-state index in [-0.39, 0.29) is 6.61 Å². The maximum atomic E-state index is 9.18. The predicted octanol–water partition coefficient (Wildman–Crippen LogP) is 2.09. The molecule has 0 unspecified atom stereocenters. The minimum atomic E-state index is 0.0136. The van der Waals surface area contributed by atoms with Crippen molar-refractivity contribution in [2.75, 3.05) is 0 Å². The molecule has 1 heterocycles. The third-order valence-corrected chi connectivity index (χ3v) is 2.64. The molecule has 2 rings (SSSR count). The monoisotopic (exact) mass is 200 g/mol. The first kappa shape index (κ1) is 9.75. The molecule has 0 aliphatic carbocycles. The Morgan fingerprint density at radius 2 is 2.27 bits per heavy atom. The Hall–Kier alpha value is -1.79. The minimum absolute atomic E-state index is 0.0136. The molecule has 0 fully saturated rings. The van der Waals surface area contributed by atoms with Crippen molar-refractivity contribution in [2.45, 2.75) is 20.0 Å². The average molecular weight is 200 g/mol.